The molecule has 0 fully saturated rings. The third-order valence-corrected chi connectivity index (χ3v) is 6.31. The normalized spacial score (nSPS) is 15.8. The summed E-state index contributed by atoms with van der Waals surface area (Å²) in [6.07, 6.45) is 3.76. The Morgan fingerprint density at radius 3 is 2.61 bits per heavy atom. The fourth-order valence-electron chi connectivity index (χ4n) is 4.53. The van der Waals surface area contributed by atoms with Gasteiger partial charge in [-0.05, 0) is 77.9 Å². The minimum absolute atomic E-state index is 0.0418. The number of carbonyl (C=O) groups is 2. The Bertz CT molecular complexity index is 1220. The molecule has 188 valence electrons. The minimum Gasteiger partial charge on any atom is -0.481 e. The van der Waals surface area contributed by atoms with Gasteiger partial charge in [0.05, 0.1) is 6.04 Å². The summed E-state index contributed by atoms with van der Waals surface area (Å²) in [5.41, 5.74) is 3.64. The number of amides is 2. The Balaban J connectivity index is 1.57. The zero-order valence-corrected chi connectivity index (χ0v) is 20.9. The van der Waals surface area contributed by atoms with Crippen molar-refractivity contribution < 1.29 is 18.7 Å². The molecule has 2 atom stereocenters. The van der Waals surface area contributed by atoms with Crippen LogP contribution in [0.4, 0.5) is 4.39 Å². The predicted octanol–water partition coefficient (Wildman–Crippen LogP) is 4.82. The largest absolute Gasteiger partial charge is 0.481 e. The molecule has 2 amide bonds. The summed E-state index contributed by atoms with van der Waals surface area (Å²) >= 11 is 0. The van der Waals surface area contributed by atoms with E-state index < -0.39 is 12.1 Å². The van der Waals surface area contributed by atoms with Gasteiger partial charge in [0.2, 0.25) is 5.91 Å². The number of rotatable bonds is 8. The van der Waals surface area contributed by atoms with Crippen LogP contribution in [0, 0.1) is 11.7 Å². The van der Waals surface area contributed by atoms with Gasteiger partial charge in [-0.15, -0.1) is 0 Å². The van der Waals surface area contributed by atoms with Crippen molar-refractivity contribution in [1.82, 2.24) is 15.2 Å². The van der Waals surface area contributed by atoms with Crippen molar-refractivity contribution in [2.24, 2.45) is 5.92 Å². The fraction of sp³-hybridized carbons (Fsp3) is 0.345. The van der Waals surface area contributed by atoms with E-state index in [1.165, 1.54) is 12.1 Å². The van der Waals surface area contributed by atoms with Crippen LogP contribution in [0.3, 0.4) is 0 Å². The van der Waals surface area contributed by atoms with Crippen LogP contribution in [0.5, 0.6) is 5.75 Å². The van der Waals surface area contributed by atoms with Gasteiger partial charge in [0.15, 0.2) is 6.10 Å². The van der Waals surface area contributed by atoms with E-state index >= 15 is 0 Å². The summed E-state index contributed by atoms with van der Waals surface area (Å²) in [7, 11) is 0. The number of aromatic nitrogens is 1. The molecule has 1 N–H and O–H groups in total. The van der Waals surface area contributed by atoms with E-state index in [1.54, 1.807) is 25.4 Å². The number of pyridine rings is 1. The second kappa shape index (κ2) is 11.3. The summed E-state index contributed by atoms with van der Waals surface area (Å²) in [6.45, 7) is 6.67. The lowest BCUT2D eigenvalue weighted by Gasteiger charge is -2.38. The number of hydrogen-bond donors (Lipinski definition) is 1. The van der Waals surface area contributed by atoms with Crippen LogP contribution in [-0.2, 0) is 22.6 Å². The first kappa shape index (κ1) is 25.4. The minimum atomic E-state index is -0.722. The number of fused-ring (bicyclic) bond motifs is 1. The van der Waals surface area contributed by atoms with Crippen LogP contribution in [0.2, 0.25) is 0 Å². The van der Waals surface area contributed by atoms with Gasteiger partial charge < -0.3 is 15.0 Å². The first-order valence-corrected chi connectivity index (χ1v) is 12.3. The van der Waals surface area contributed by atoms with Crippen molar-refractivity contribution >= 4 is 11.8 Å². The van der Waals surface area contributed by atoms with E-state index in [2.05, 4.69) is 10.3 Å². The van der Waals surface area contributed by atoms with E-state index in [0.717, 1.165) is 16.7 Å². The standard InChI is InChI=1S/C29H32FN3O3/c1-19(2)15-27(34)33-14-11-22-7-8-25(17-26(22)28(33)23-5-4-6-24(30)16-23)36-20(3)29(35)32-18-21-9-12-31-13-10-21/h4-10,12-13,16-17,19-20,28H,11,14-15,18H2,1-3H3,(H,32,35). The molecule has 1 aliphatic heterocycles. The number of benzene rings is 2. The highest BCUT2D eigenvalue weighted by atomic mass is 19.1. The molecule has 3 aromatic rings. The molecule has 0 bridgehead atoms. The molecule has 0 radical (unpaired) electrons. The third-order valence-electron chi connectivity index (χ3n) is 6.31. The molecule has 2 unspecified atom stereocenters. The van der Waals surface area contributed by atoms with Crippen LogP contribution >= 0.6 is 0 Å². The summed E-state index contributed by atoms with van der Waals surface area (Å²) in [5.74, 6) is 0.205. The quantitative estimate of drug-likeness (QED) is 0.492. The predicted molar refractivity (Wildman–Crippen MR) is 136 cm³/mol. The van der Waals surface area contributed by atoms with Gasteiger partial charge in [-0.2, -0.15) is 0 Å². The molecule has 1 aliphatic rings. The molecule has 6 nitrogen and oxygen atoms in total. The van der Waals surface area contributed by atoms with E-state index in [1.807, 2.05) is 55.1 Å². The number of ether oxygens (including phenoxy) is 1. The summed E-state index contributed by atoms with van der Waals surface area (Å²) in [4.78, 5) is 31.6. The third kappa shape index (κ3) is 6.08. The van der Waals surface area contributed by atoms with Gasteiger partial charge in [0.1, 0.15) is 11.6 Å². The Morgan fingerprint density at radius 2 is 1.89 bits per heavy atom. The molecule has 2 aromatic carbocycles. The highest BCUT2D eigenvalue weighted by Gasteiger charge is 2.33. The van der Waals surface area contributed by atoms with Crippen LogP contribution in [0.25, 0.3) is 0 Å². The Labute approximate surface area is 211 Å². The zero-order chi connectivity index (χ0) is 25.7. The molecule has 1 aromatic heterocycles. The number of hydrogen-bond acceptors (Lipinski definition) is 4. The van der Waals surface area contributed by atoms with E-state index in [4.69, 9.17) is 4.74 Å². The topological polar surface area (TPSA) is 71.5 Å². The molecule has 2 heterocycles. The average Bonchev–Trinajstić information content (AvgIpc) is 2.86. The van der Waals surface area contributed by atoms with Crippen LogP contribution < -0.4 is 10.1 Å². The molecule has 0 saturated heterocycles. The first-order valence-electron chi connectivity index (χ1n) is 12.3. The maximum Gasteiger partial charge on any atom is 0.261 e. The van der Waals surface area contributed by atoms with Crippen LogP contribution in [0.15, 0.2) is 67.0 Å². The molecule has 0 aliphatic carbocycles. The van der Waals surface area contributed by atoms with E-state index in [-0.39, 0.29) is 23.5 Å². The van der Waals surface area contributed by atoms with Crippen LogP contribution in [0.1, 0.15) is 55.5 Å². The van der Waals surface area contributed by atoms with Crippen molar-refractivity contribution in [3.8, 4) is 5.75 Å². The summed E-state index contributed by atoms with van der Waals surface area (Å²) < 4.78 is 20.2. The molecule has 36 heavy (non-hydrogen) atoms. The fourth-order valence-corrected chi connectivity index (χ4v) is 4.53. The molecule has 7 heteroatoms. The second-order valence-corrected chi connectivity index (χ2v) is 9.59. The Morgan fingerprint density at radius 1 is 1.11 bits per heavy atom. The van der Waals surface area contributed by atoms with Crippen molar-refractivity contribution in [2.75, 3.05) is 6.54 Å². The molecular weight excluding hydrogens is 457 g/mol. The van der Waals surface area contributed by atoms with Gasteiger partial charge in [-0.1, -0.05) is 32.0 Å². The monoisotopic (exact) mass is 489 g/mol. The maximum absolute atomic E-state index is 14.2. The summed E-state index contributed by atoms with van der Waals surface area (Å²) in [5, 5.41) is 2.88. The zero-order valence-electron chi connectivity index (χ0n) is 20.9. The van der Waals surface area contributed by atoms with Crippen molar-refractivity contribution in [3.63, 3.8) is 0 Å². The Kier molecular flexibility index (Phi) is 7.98. The highest BCUT2D eigenvalue weighted by Crippen LogP contribution is 2.38. The average molecular weight is 490 g/mol. The number of halogens is 1. The first-order chi connectivity index (χ1) is 17.3. The SMILES string of the molecule is CC(C)CC(=O)N1CCc2ccc(OC(C)C(=O)NCc3ccncc3)cc2C1c1cccc(F)c1. The molecule has 0 saturated carbocycles. The number of carbonyl (C=O) groups excluding carboxylic acids is 2. The van der Waals surface area contributed by atoms with E-state index in [0.29, 0.717) is 37.2 Å². The number of nitrogens with one attached hydrogen (secondary N) is 1. The Hall–Kier alpha value is -3.74. The van der Waals surface area contributed by atoms with Crippen molar-refractivity contribution in [3.05, 3.63) is 95.1 Å². The van der Waals surface area contributed by atoms with Gasteiger partial charge in [-0.3, -0.25) is 14.6 Å². The molecule has 4 rings (SSSR count). The van der Waals surface area contributed by atoms with Gasteiger partial charge in [-0.25, -0.2) is 4.39 Å². The lowest BCUT2D eigenvalue weighted by atomic mass is 9.87. The highest BCUT2D eigenvalue weighted by molar-refractivity contribution is 5.80. The van der Waals surface area contributed by atoms with Crippen LogP contribution in [-0.4, -0.2) is 34.3 Å². The second-order valence-electron chi connectivity index (χ2n) is 9.59. The maximum atomic E-state index is 14.2. The summed E-state index contributed by atoms with van der Waals surface area (Å²) in [6, 6.07) is 15.4. The smallest absolute Gasteiger partial charge is 0.261 e. The van der Waals surface area contributed by atoms with E-state index in [9.17, 15) is 14.0 Å². The lowest BCUT2D eigenvalue weighted by Crippen LogP contribution is -2.41. The molecule has 0 spiro atoms. The molecular formula is C29H32FN3O3. The van der Waals surface area contributed by atoms with Gasteiger partial charge in [0.25, 0.3) is 5.91 Å². The van der Waals surface area contributed by atoms with Gasteiger partial charge in [0, 0.05) is 31.9 Å². The van der Waals surface area contributed by atoms with Crippen molar-refractivity contribution in [2.45, 2.75) is 52.3 Å². The number of nitrogens with zero attached hydrogens (tertiary/aromatic N) is 2. The lowest BCUT2D eigenvalue weighted by molar-refractivity contribution is -0.134. The van der Waals surface area contributed by atoms with Gasteiger partial charge >= 0.3 is 0 Å². The van der Waals surface area contributed by atoms with Crippen molar-refractivity contribution in [1.29, 1.82) is 0 Å².